The van der Waals surface area contributed by atoms with Gasteiger partial charge in [-0.15, -0.1) is 0 Å². The fourth-order valence-electron chi connectivity index (χ4n) is 2.46. The van der Waals surface area contributed by atoms with Crippen molar-refractivity contribution in [2.24, 2.45) is 0 Å². The number of aromatic nitrogens is 3. The van der Waals surface area contributed by atoms with E-state index < -0.39 is 0 Å². The minimum atomic E-state index is 0.395. The van der Waals surface area contributed by atoms with Crippen LogP contribution in [0.4, 0.5) is 0 Å². The minimum Gasteiger partial charge on any atom is -0.486 e. The molecule has 2 aromatic carbocycles. The maximum Gasteiger partial charge on any atom is 0.188 e. The Hall–Kier alpha value is -2.62. The van der Waals surface area contributed by atoms with Gasteiger partial charge in [-0.25, -0.2) is 9.67 Å². The van der Waals surface area contributed by atoms with Crippen LogP contribution in [0.1, 0.15) is 11.4 Å². The van der Waals surface area contributed by atoms with Crippen molar-refractivity contribution in [3.63, 3.8) is 0 Å². The number of benzene rings is 2. The van der Waals surface area contributed by atoms with Crippen LogP contribution in [0.5, 0.6) is 5.75 Å². The monoisotopic (exact) mass is 263 g/mol. The molecule has 98 valence electrons. The molecule has 0 N–H and O–H groups in total. The number of para-hydroxylation sites is 1. The van der Waals surface area contributed by atoms with Gasteiger partial charge < -0.3 is 4.74 Å². The predicted octanol–water partition coefficient (Wildman–Crippen LogP) is 2.89. The molecule has 0 aliphatic carbocycles. The number of fused-ring (bicyclic) bond motifs is 3. The number of hydrogen-bond acceptors (Lipinski definition) is 3. The van der Waals surface area contributed by atoms with Gasteiger partial charge in [-0.3, -0.25) is 0 Å². The molecule has 2 heterocycles. The number of ether oxygens (including phenoxy) is 1. The van der Waals surface area contributed by atoms with Gasteiger partial charge in [0, 0.05) is 5.56 Å². The van der Waals surface area contributed by atoms with Crippen molar-refractivity contribution < 1.29 is 4.74 Å². The van der Waals surface area contributed by atoms with Crippen molar-refractivity contribution in [3.05, 3.63) is 66.0 Å². The molecule has 3 aromatic rings. The lowest BCUT2D eigenvalue weighted by Crippen LogP contribution is -2.01. The van der Waals surface area contributed by atoms with E-state index in [9.17, 15) is 0 Å². The van der Waals surface area contributed by atoms with Crippen LogP contribution in [-0.2, 0) is 13.2 Å². The molecule has 0 bridgehead atoms. The summed E-state index contributed by atoms with van der Waals surface area (Å²) in [6.45, 7) is 1.19. The molecular weight excluding hydrogens is 250 g/mol. The molecule has 0 saturated carbocycles. The Bertz CT molecular complexity index is 749. The number of nitrogens with zero attached hydrogens (tertiary/aromatic N) is 3. The molecule has 0 radical (unpaired) electrons. The van der Waals surface area contributed by atoms with E-state index in [0.717, 1.165) is 23.9 Å². The van der Waals surface area contributed by atoms with Gasteiger partial charge in [0.25, 0.3) is 0 Å². The van der Waals surface area contributed by atoms with Gasteiger partial charge in [-0.1, -0.05) is 42.5 Å². The molecule has 1 aliphatic heterocycles. The average molecular weight is 263 g/mol. The fraction of sp³-hybridized carbons (Fsp3) is 0.125. The third-order valence-electron chi connectivity index (χ3n) is 3.41. The van der Waals surface area contributed by atoms with Crippen molar-refractivity contribution in [3.8, 4) is 17.1 Å². The highest BCUT2D eigenvalue weighted by Gasteiger charge is 2.21. The van der Waals surface area contributed by atoms with E-state index in [-0.39, 0.29) is 0 Å². The third kappa shape index (κ3) is 1.86. The Balaban J connectivity index is 1.56. The average Bonchev–Trinajstić information content (AvgIpc) is 3.03. The molecule has 4 rings (SSSR count). The molecule has 0 fully saturated rings. The molecule has 0 saturated heterocycles. The molecule has 20 heavy (non-hydrogen) atoms. The summed E-state index contributed by atoms with van der Waals surface area (Å²) in [6, 6.07) is 18.0. The van der Waals surface area contributed by atoms with Crippen molar-refractivity contribution in [1.29, 1.82) is 0 Å². The molecule has 0 atom stereocenters. The lowest BCUT2D eigenvalue weighted by Gasteiger charge is -2.02. The Kier molecular flexibility index (Phi) is 2.52. The third-order valence-corrected chi connectivity index (χ3v) is 3.41. The Morgan fingerprint density at radius 3 is 2.70 bits per heavy atom. The van der Waals surface area contributed by atoms with Crippen molar-refractivity contribution in [2.45, 2.75) is 13.2 Å². The second kappa shape index (κ2) is 4.49. The molecular formula is C16H13N3O. The second-order valence-corrected chi connectivity index (χ2v) is 4.77. The lowest BCUT2D eigenvalue weighted by molar-refractivity contribution is 0.295. The van der Waals surface area contributed by atoms with Gasteiger partial charge in [0.15, 0.2) is 11.6 Å². The van der Waals surface area contributed by atoms with E-state index in [1.165, 1.54) is 11.1 Å². The summed E-state index contributed by atoms with van der Waals surface area (Å²) in [5.41, 5.74) is 2.45. The van der Waals surface area contributed by atoms with Gasteiger partial charge in [0.1, 0.15) is 12.4 Å². The van der Waals surface area contributed by atoms with Crippen LogP contribution in [0.3, 0.4) is 0 Å². The summed E-state index contributed by atoms with van der Waals surface area (Å²) in [7, 11) is 0. The predicted molar refractivity (Wildman–Crippen MR) is 75.3 cm³/mol. The largest absolute Gasteiger partial charge is 0.486 e. The molecule has 1 aromatic heterocycles. The smallest absolute Gasteiger partial charge is 0.188 e. The quantitative estimate of drug-likeness (QED) is 0.570. The van der Waals surface area contributed by atoms with Crippen LogP contribution >= 0.6 is 0 Å². The minimum absolute atomic E-state index is 0.395. The van der Waals surface area contributed by atoms with Crippen LogP contribution < -0.4 is 4.74 Å². The summed E-state index contributed by atoms with van der Waals surface area (Å²) in [5, 5.41) is 4.50. The van der Waals surface area contributed by atoms with Gasteiger partial charge in [0.05, 0.1) is 6.54 Å². The first-order chi connectivity index (χ1) is 9.90. The molecule has 1 aliphatic rings. The zero-order chi connectivity index (χ0) is 13.4. The van der Waals surface area contributed by atoms with Gasteiger partial charge in [-0.2, -0.15) is 5.10 Å². The Morgan fingerprint density at radius 1 is 1.00 bits per heavy atom. The van der Waals surface area contributed by atoms with Crippen molar-refractivity contribution in [2.75, 3.05) is 0 Å². The Morgan fingerprint density at radius 2 is 1.80 bits per heavy atom. The molecule has 4 nitrogen and oxygen atoms in total. The fourth-order valence-corrected chi connectivity index (χ4v) is 2.46. The van der Waals surface area contributed by atoms with E-state index >= 15 is 0 Å². The molecule has 0 spiro atoms. The van der Waals surface area contributed by atoms with Gasteiger partial charge in [-0.05, 0) is 17.7 Å². The summed E-state index contributed by atoms with van der Waals surface area (Å²) < 4.78 is 7.62. The molecule has 4 heteroatoms. The van der Waals surface area contributed by atoms with Crippen LogP contribution in [0.15, 0.2) is 54.6 Å². The van der Waals surface area contributed by atoms with E-state index in [0.29, 0.717) is 6.61 Å². The zero-order valence-electron chi connectivity index (χ0n) is 10.9. The van der Waals surface area contributed by atoms with Crippen molar-refractivity contribution in [1.82, 2.24) is 14.8 Å². The normalized spacial score (nSPS) is 12.0. The van der Waals surface area contributed by atoms with Crippen molar-refractivity contribution >= 4 is 0 Å². The summed E-state index contributed by atoms with van der Waals surface area (Å²) >= 11 is 0. The zero-order valence-corrected chi connectivity index (χ0v) is 10.9. The highest BCUT2D eigenvalue weighted by atomic mass is 16.5. The number of rotatable bonds is 3. The van der Waals surface area contributed by atoms with Gasteiger partial charge in [0.2, 0.25) is 0 Å². The summed E-state index contributed by atoms with van der Waals surface area (Å²) in [6.07, 6.45) is 0. The number of hydrogen-bond donors (Lipinski definition) is 0. The first-order valence-electron chi connectivity index (χ1n) is 6.60. The van der Waals surface area contributed by atoms with E-state index in [1.807, 2.05) is 47.1 Å². The maximum absolute atomic E-state index is 5.68. The highest BCUT2D eigenvalue weighted by Crippen LogP contribution is 2.29. The van der Waals surface area contributed by atoms with Crippen LogP contribution in [0, 0.1) is 0 Å². The standard InChI is InChI=1S/C16H13N3O/c1-2-7-13(8-3-1)20-11-15-17-16-14-9-5-4-6-12(14)10-19(16)18-15/h1-9H,10-11H2. The van der Waals surface area contributed by atoms with E-state index in [4.69, 9.17) is 4.74 Å². The highest BCUT2D eigenvalue weighted by molar-refractivity contribution is 5.64. The SMILES string of the molecule is c1ccc(OCc2nc3n(n2)Cc2ccccc2-3)cc1. The maximum atomic E-state index is 5.68. The van der Waals surface area contributed by atoms with E-state index in [1.54, 1.807) is 0 Å². The van der Waals surface area contributed by atoms with Crippen LogP contribution in [0.25, 0.3) is 11.4 Å². The van der Waals surface area contributed by atoms with Crippen LogP contribution in [0.2, 0.25) is 0 Å². The van der Waals surface area contributed by atoms with E-state index in [2.05, 4.69) is 22.2 Å². The summed E-state index contributed by atoms with van der Waals surface area (Å²) in [4.78, 5) is 4.57. The topological polar surface area (TPSA) is 39.9 Å². The first-order valence-corrected chi connectivity index (χ1v) is 6.60. The molecule has 0 amide bonds. The Labute approximate surface area is 116 Å². The van der Waals surface area contributed by atoms with Crippen LogP contribution in [-0.4, -0.2) is 14.8 Å². The lowest BCUT2D eigenvalue weighted by atomic mass is 10.1. The molecule has 0 unspecified atom stereocenters. The second-order valence-electron chi connectivity index (χ2n) is 4.77. The summed E-state index contributed by atoms with van der Waals surface area (Å²) in [5.74, 6) is 2.49. The first kappa shape index (κ1) is 11.2. The van der Waals surface area contributed by atoms with Gasteiger partial charge >= 0.3 is 0 Å².